The van der Waals surface area contributed by atoms with E-state index in [0.717, 1.165) is 11.4 Å². The van der Waals surface area contributed by atoms with E-state index in [4.69, 9.17) is 5.73 Å². The Hall–Kier alpha value is -3.27. The minimum absolute atomic E-state index is 0.222. The van der Waals surface area contributed by atoms with Crippen LogP contribution in [0, 0.1) is 0 Å². The third-order valence-corrected chi connectivity index (χ3v) is 3.39. The number of hydrogen-bond donors (Lipinski definition) is 3. The van der Waals surface area contributed by atoms with Crippen molar-refractivity contribution < 1.29 is 4.79 Å². The van der Waals surface area contributed by atoms with Crippen molar-refractivity contribution in [2.75, 3.05) is 16.4 Å². The molecule has 0 radical (unpaired) electrons. The number of hydrogen-bond acceptors (Lipinski definition) is 3. The largest absolute Gasteiger partial charge is 0.398 e. The van der Waals surface area contributed by atoms with Crippen LogP contribution in [-0.2, 0) is 0 Å². The lowest BCUT2D eigenvalue weighted by Gasteiger charge is -2.10. The third-order valence-electron chi connectivity index (χ3n) is 3.39. The zero-order valence-corrected chi connectivity index (χ0v) is 12.5. The minimum atomic E-state index is -0.222. The van der Waals surface area contributed by atoms with E-state index in [1.165, 1.54) is 0 Å². The number of benzene rings is 3. The van der Waals surface area contributed by atoms with E-state index in [1.54, 1.807) is 24.3 Å². The van der Waals surface area contributed by atoms with Gasteiger partial charge in [-0.2, -0.15) is 0 Å². The molecule has 114 valence electrons. The summed E-state index contributed by atoms with van der Waals surface area (Å²) >= 11 is 0. The van der Waals surface area contributed by atoms with E-state index in [9.17, 15) is 4.79 Å². The van der Waals surface area contributed by atoms with Crippen LogP contribution in [0.5, 0.6) is 0 Å². The molecular formula is C19H17N3O. The molecule has 3 rings (SSSR count). The lowest BCUT2D eigenvalue weighted by atomic mass is 10.1. The number of anilines is 4. The predicted molar refractivity (Wildman–Crippen MR) is 95.0 cm³/mol. The van der Waals surface area contributed by atoms with Gasteiger partial charge in [0.15, 0.2) is 0 Å². The second-order valence-corrected chi connectivity index (χ2v) is 5.11. The van der Waals surface area contributed by atoms with Gasteiger partial charge >= 0.3 is 0 Å². The van der Waals surface area contributed by atoms with Crippen molar-refractivity contribution in [2.45, 2.75) is 0 Å². The lowest BCUT2D eigenvalue weighted by Crippen LogP contribution is -2.13. The Morgan fingerprint density at radius 3 is 2.17 bits per heavy atom. The zero-order chi connectivity index (χ0) is 16.1. The molecule has 0 aliphatic rings. The Kier molecular flexibility index (Phi) is 4.25. The first kappa shape index (κ1) is 14.7. The molecule has 0 spiro atoms. The maximum atomic E-state index is 12.3. The average Bonchev–Trinajstić information content (AvgIpc) is 2.56. The van der Waals surface area contributed by atoms with Gasteiger partial charge in [-0.1, -0.05) is 36.4 Å². The van der Waals surface area contributed by atoms with Crippen molar-refractivity contribution in [3.63, 3.8) is 0 Å². The van der Waals surface area contributed by atoms with Crippen molar-refractivity contribution in [3.8, 4) is 0 Å². The van der Waals surface area contributed by atoms with Gasteiger partial charge in [-0.05, 0) is 42.5 Å². The second kappa shape index (κ2) is 6.66. The molecule has 3 aromatic carbocycles. The third kappa shape index (κ3) is 3.68. The Labute approximate surface area is 135 Å². The van der Waals surface area contributed by atoms with Crippen molar-refractivity contribution in [1.82, 2.24) is 0 Å². The number of nitrogens with two attached hydrogens (primary N) is 1. The quantitative estimate of drug-likeness (QED) is 0.631. The van der Waals surface area contributed by atoms with E-state index >= 15 is 0 Å². The van der Waals surface area contributed by atoms with Gasteiger partial charge in [0.1, 0.15) is 0 Å². The van der Waals surface area contributed by atoms with Crippen LogP contribution < -0.4 is 16.4 Å². The minimum Gasteiger partial charge on any atom is -0.398 e. The van der Waals surface area contributed by atoms with Crippen LogP contribution in [0.4, 0.5) is 22.7 Å². The van der Waals surface area contributed by atoms with Crippen LogP contribution in [0.15, 0.2) is 78.9 Å². The van der Waals surface area contributed by atoms with E-state index in [-0.39, 0.29) is 5.91 Å². The van der Waals surface area contributed by atoms with Crippen LogP contribution in [0.1, 0.15) is 10.4 Å². The number of carbonyl (C=O) groups is 1. The Morgan fingerprint density at radius 2 is 1.39 bits per heavy atom. The van der Waals surface area contributed by atoms with Gasteiger partial charge in [-0.3, -0.25) is 4.79 Å². The Balaban J connectivity index is 1.75. The Morgan fingerprint density at radius 1 is 0.739 bits per heavy atom. The van der Waals surface area contributed by atoms with Crippen LogP contribution in [-0.4, -0.2) is 5.91 Å². The normalized spacial score (nSPS) is 10.1. The van der Waals surface area contributed by atoms with Crippen LogP contribution in [0.3, 0.4) is 0 Å². The molecule has 0 saturated heterocycles. The van der Waals surface area contributed by atoms with Gasteiger partial charge in [0.05, 0.1) is 5.56 Å². The first-order valence-corrected chi connectivity index (χ1v) is 7.30. The van der Waals surface area contributed by atoms with Gasteiger partial charge in [0, 0.05) is 22.7 Å². The van der Waals surface area contributed by atoms with Crippen molar-refractivity contribution in [1.29, 1.82) is 0 Å². The summed E-state index contributed by atoms with van der Waals surface area (Å²) in [5.74, 6) is -0.222. The fourth-order valence-electron chi connectivity index (χ4n) is 2.27. The van der Waals surface area contributed by atoms with Crippen LogP contribution >= 0.6 is 0 Å². The first-order valence-electron chi connectivity index (χ1n) is 7.30. The van der Waals surface area contributed by atoms with Crippen LogP contribution in [0.2, 0.25) is 0 Å². The summed E-state index contributed by atoms with van der Waals surface area (Å²) in [6.45, 7) is 0. The zero-order valence-electron chi connectivity index (χ0n) is 12.5. The molecule has 4 heteroatoms. The SMILES string of the molecule is Nc1ccccc1C(=O)Nc1cccc(Nc2ccccc2)c1. The number of carbonyl (C=O) groups excluding carboxylic acids is 1. The molecule has 1 amide bonds. The number of nitrogen functional groups attached to an aromatic ring is 1. The average molecular weight is 303 g/mol. The molecule has 23 heavy (non-hydrogen) atoms. The highest BCUT2D eigenvalue weighted by molar-refractivity contribution is 6.07. The molecule has 0 bridgehead atoms. The van der Waals surface area contributed by atoms with Crippen molar-refractivity contribution in [2.24, 2.45) is 0 Å². The van der Waals surface area contributed by atoms with Crippen LogP contribution in [0.25, 0.3) is 0 Å². The van der Waals surface area contributed by atoms with Gasteiger partial charge < -0.3 is 16.4 Å². The molecule has 0 fully saturated rings. The molecule has 0 aliphatic heterocycles. The number of para-hydroxylation sites is 2. The molecule has 0 unspecified atom stereocenters. The lowest BCUT2D eigenvalue weighted by molar-refractivity contribution is 0.102. The molecule has 0 atom stereocenters. The molecule has 0 aliphatic carbocycles. The molecule has 4 nitrogen and oxygen atoms in total. The summed E-state index contributed by atoms with van der Waals surface area (Å²) in [4.78, 5) is 12.3. The number of rotatable bonds is 4. The smallest absolute Gasteiger partial charge is 0.257 e. The monoisotopic (exact) mass is 303 g/mol. The van der Waals surface area contributed by atoms with Crippen molar-refractivity contribution >= 4 is 28.7 Å². The summed E-state index contributed by atoms with van der Waals surface area (Å²) in [5, 5.41) is 6.16. The summed E-state index contributed by atoms with van der Waals surface area (Å²) in [6.07, 6.45) is 0. The first-order chi connectivity index (χ1) is 11.2. The van der Waals surface area contributed by atoms with Gasteiger partial charge in [0.25, 0.3) is 5.91 Å². The molecule has 0 aromatic heterocycles. The predicted octanol–water partition coefficient (Wildman–Crippen LogP) is 4.26. The molecule has 3 aromatic rings. The molecular weight excluding hydrogens is 286 g/mol. The van der Waals surface area contributed by atoms with Crippen molar-refractivity contribution in [3.05, 3.63) is 84.4 Å². The maximum absolute atomic E-state index is 12.3. The molecule has 4 N–H and O–H groups in total. The molecule has 0 saturated carbocycles. The summed E-state index contributed by atoms with van der Waals surface area (Å²) in [7, 11) is 0. The summed E-state index contributed by atoms with van der Waals surface area (Å²) in [5.41, 5.74) is 9.36. The van der Waals surface area contributed by atoms with Gasteiger partial charge in [0.2, 0.25) is 0 Å². The standard InChI is InChI=1S/C19H17N3O/c20-18-12-5-4-11-17(18)19(23)22-16-10-6-9-15(13-16)21-14-7-2-1-3-8-14/h1-13,21H,20H2,(H,22,23). The summed E-state index contributed by atoms with van der Waals surface area (Å²) < 4.78 is 0. The highest BCUT2D eigenvalue weighted by Crippen LogP contribution is 2.21. The van der Waals surface area contributed by atoms with E-state index in [1.807, 2.05) is 54.6 Å². The fraction of sp³-hybridized carbons (Fsp3) is 0. The fourth-order valence-corrected chi connectivity index (χ4v) is 2.27. The van der Waals surface area contributed by atoms with Gasteiger partial charge in [-0.15, -0.1) is 0 Å². The van der Waals surface area contributed by atoms with Gasteiger partial charge in [-0.25, -0.2) is 0 Å². The number of nitrogens with one attached hydrogen (secondary N) is 2. The summed E-state index contributed by atoms with van der Waals surface area (Å²) in [6, 6.07) is 24.4. The number of amides is 1. The topological polar surface area (TPSA) is 67.2 Å². The maximum Gasteiger partial charge on any atom is 0.257 e. The second-order valence-electron chi connectivity index (χ2n) is 5.11. The highest BCUT2D eigenvalue weighted by atomic mass is 16.1. The van der Waals surface area contributed by atoms with E-state index in [2.05, 4.69) is 10.6 Å². The highest BCUT2D eigenvalue weighted by Gasteiger charge is 2.09. The Bertz CT molecular complexity index is 816. The van der Waals surface area contributed by atoms with E-state index in [0.29, 0.717) is 16.9 Å². The molecule has 0 heterocycles. The van der Waals surface area contributed by atoms with E-state index < -0.39 is 0 Å².